The Morgan fingerprint density at radius 3 is 1.33 bits per heavy atom. The predicted octanol–water partition coefficient (Wildman–Crippen LogP) is 16.7. The molecule has 3 aliphatic rings. The van der Waals surface area contributed by atoms with E-state index >= 15 is 0 Å². The van der Waals surface area contributed by atoms with Crippen LogP contribution in [0.2, 0.25) is 0 Å². The van der Waals surface area contributed by atoms with Crippen molar-refractivity contribution in [1.29, 1.82) is 0 Å². The second kappa shape index (κ2) is 76.5. The number of nitrogens with one attached hydrogen (secondary N) is 5. The number of methoxy groups -OCH3 is 1. The van der Waals surface area contributed by atoms with E-state index in [0.717, 1.165) is 116 Å². The number of amides is 5. The lowest BCUT2D eigenvalue weighted by molar-refractivity contribution is -0.332. The van der Waals surface area contributed by atoms with Crippen LogP contribution in [0.15, 0.2) is 121 Å². The fourth-order valence-corrected chi connectivity index (χ4v) is 19.3. The Hall–Kier alpha value is -8.98. The highest BCUT2D eigenvalue weighted by molar-refractivity contribution is 5.80. The van der Waals surface area contributed by atoms with Crippen LogP contribution in [0, 0.1) is 0 Å². The molecular formula is C116H181N5O29. The van der Waals surface area contributed by atoms with Gasteiger partial charge in [-0.15, -0.1) is 0 Å². The maximum absolute atomic E-state index is 15.0. The third kappa shape index (κ3) is 51.8. The van der Waals surface area contributed by atoms with Gasteiger partial charge in [0.2, 0.25) is 29.5 Å². The molecule has 5 amide bonds. The van der Waals surface area contributed by atoms with Gasteiger partial charge in [-0.05, 0) is 47.9 Å². The number of hydrogen-bond acceptors (Lipinski definition) is 29. The molecule has 3 heterocycles. The minimum Gasteiger partial charge on any atom is -0.465 e. The van der Waals surface area contributed by atoms with Crippen LogP contribution in [0.1, 0.15) is 347 Å². The third-order valence-corrected chi connectivity index (χ3v) is 27.4. The van der Waals surface area contributed by atoms with Crippen molar-refractivity contribution in [1.82, 2.24) is 26.6 Å². The second-order valence-corrected chi connectivity index (χ2v) is 40.2. The van der Waals surface area contributed by atoms with E-state index in [-0.39, 0.29) is 96.3 Å². The molecular weight excluding hydrogens is 1930 g/mol. The van der Waals surface area contributed by atoms with Gasteiger partial charge in [0.05, 0.1) is 91.2 Å². The fourth-order valence-electron chi connectivity index (χ4n) is 19.3. The monoisotopic (exact) mass is 2110 g/mol. The molecule has 844 valence electrons. The van der Waals surface area contributed by atoms with Gasteiger partial charge >= 0.3 is 29.8 Å². The topological polar surface area (TPSA) is 439 Å². The van der Waals surface area contributed by atoms with Crippen LogP contribution in [-0.4, -0.2) is 250 Å². The molecule has 4 aromatic rings. The molecule has 0 saturated carbocycles. The molecule has 0 unspecified atom stereocenters. The van der Waals surface area contributed by atoms with E-state index in [1.165, 1.54) is 173 Å². The summed E-state index contributed by atoms with van der Waals surface area (Å²) < 4.78 is 99.6. The maximum atomic E-state index is 15.0. The van der Waals surface area contributed by atoms with Gasteiger partial charge in [-0.3, -0.25) is 43.2 Å². The molecule has 0 aliphatic carbocycles. The zero-order valence-corrected chi connectivity index (χ0v) is 91.1. The SMILES string of the molecule is CCCCCCCCCCCCCCCCCCCCCCCCCC(=O)N[C@@H](CO[C@H]1O[C@H](CNC(=O)CCCCC(=O)NCCOCCO[C@H]2O[C@H](CO[C@]3(C(=O)OC)C[C@H](OC(C)=O)[C@@H](NC(C)=O)[C@H]([C@H](OC(C)=O)[C@@H](COC(C)=O)OC(C)=O)O3)[C@H](O)[C@H](O)[C@H]2NC(C)=O)[C@H](O)[C@H](OCc2ccccc2)[C@H]1OCc1ccccc1)[C@H](OCc1ccccc1)[C@@H](CCCCCCCCCCCCCC)OCc1ccccc1. The van der Waals surface area contributed by atoms with Gasteiger partial charge in [-0.1, -0.05) is 353 Å². The molecule has 0 bridgehead atoms. The smallest absolute Gasteiger partial charge is 0.366 e. The number of carbonyl (C=O) groups excluding carboxylic acids is 10. The van der Waals surface area contributed by atoms with E-state index in [9.17, 15) is 63.3 Å². The summed E-state index contributed by atoms with van der Waals surface area (Å²) in [4.78, 5) is 132. The molecule has 34 nitrogen and oxygen atoms in total. The van der Waals surface area contributed by atoms with Crippen LogP contribution in [-0.2, 0) is 150 Å². The molecule has 8 N–H and O–H groups in total. The molecule has 3 aliphatic heterocycles. The lowest BCUT2D eigenvalue weighted by atomic mass is 9.87. The van der Waals surface area contributed by atoms with Crippen molar-refractivity contribution in [3.8, 4) is 0 Å². The van der Waals surface area contributed by atoms with Crippen LogP contribution in [0.5, 0.6) is 0 Å². The highest BCUT2D eigenvalue weighted by Gasteiger charge is 2.61. The number of benzene rings is 4. The predicted molar refractivity (Wildman–Crippen MR) is 565 cm³/mol. The molecule has 150 heavy (non-hydrogen) atoms. The Labute approximate surface area is 891 Å². The number of hydrogen-bond donors (Lipinski definition) is 8. The van der Waals surface area contributed by atoms with Crippen molar-refractivity contribution < 1.29 is 139 Å². The Morgan fingerprint density at radius 2 is 0.853 bits per heavy atom. The van der Waals surface area contributed by atoms with Gasteiger partial charge in [-0.25, -0.2) is 4.79 Å². The standard InChI is InChI=1S/C116H181N5O29/c1-10-12-14-16-18-20-22-24-25-26-27-28-29-30-31-32-33-34-36-38-40-42-56-70-102(130)121-94(108(140-78-91-61-49-44-50-62-91)95(139-77-90-59-47-43-48-60-90)67-55-41-39-37-35-23-21-19-17-15-13-11-2)81-143-114-112(142-80-93-65-53-46-54-66-93)111(141-79-92-63-51-45-52-64-92)106(132)97(148-114)76-118-101(129)69-58-57-68-100(128)117-71-72-136-73-74-137-113-104(120-85(4)123)107(133)105(131)98(149-113)83-144-116(115(134)135-9)75-96(145-87(6)125)103(119-84(3)122)110(150-116)109(147-89(8)127)99(146-88(7)126)82-138-86(5)124/h43-54,59-66,94-99,103-114,131-133H,10-42,55-58,67-83H2,1-9H3,(H,117,128)(H,118,129)(H,119,122)(H,120,123)(H,121,130)/t94-,95+,96-,97+,98+,99+,103+,104+,105-,106-,107+,108-,109+,110+,111-,112+,113-,114-,116+/m0/s1. The van der Waals surface area contributed by atoms with E-state index in [4.69, 9.17) is 75.8 Å². The van der Waals surface area contributed by atoms with Crippen LogP contribution >= 0.6 is 0 Å². The lowest BCUT2D eigenvalue weighted by Gasteiger charge is -2.49. The molecule has 3 fully saturated rings. The summed E-state index contributed by atoms with van der Waals surface area (Å²) in [7, 11) is 0.950. The second-order valence-electron chi connectivity index (χ2n) is 40.2. The molecule has 7 rings (SSSR count). The Bertz CT molecular complexity index is 4340. The molecule has 0 spiro atoms. The number of carbonyl (C=O) groups is 10. The number of ether oxygens (including phenoxy) is 16. The van der Waals surface area contributed by atoms with E-state index in [0.29, 0.717) is 32.3 Å². The van der Waals surface area contributed by atoms with Gasteiger partial charge in [-0.2, -0.15) is 0 Å². The first-order valence-electron chi connectivity index (χ1n) is 55.9. The van der Waals surface area contributed by atoms with Gasteiger partial charge in [0.25, 0.3) is 5.79 Å². The average molecular weight is 2110 g/mol. The van der Waals surface area contributed by atoms with Gasteiger partial charge in [0.15, 0.2) is 24.8 Å². The molecule has 34 heteroatoms. The minimum atomic E-state index is -2.74. The minimum absolute atomic E-state index is 0.00912. The lowest BCUT2D eigenvalue weighted by Crippen LogP contribution is -2.70. The summed E-state index contributed by atoms with van der Waals surface area (Å²) >= 11 is 0. The zero-order valence-electron chi connectivity index (χ0n) is 91.1. The Morgan fingerprint density at radius 1 is 0.413 bits per heavy atom. The summed E-state index contributed by atoms with van der Waals surface area (Å²) in [5.41, 5.74) is 3.60. The van der Waals surface area contributed by atoms with Crippen molar-refractivity contribution in [2.75, 3.05) is 59.8 Å². The Kier molecular flexibility index (Phi) is 65.3. The molecule has 19 atom stereocenters. The summed E-state index contributed by atoms with van der Waals surface area (Å²) in [5.74, 6) is -10.1. The summed E-state index contributed by atoms with van der Waals surface area (Å²) in [6, 6.07) is 35.5. The normalized spacial score (nSPS) is 21.6. The van der Waals surface area contributed by atoms with Crippen molar-refractivity contribution >= 4 is 59.4 Å². The van der Waals surface area contributed by atoms with Gasteiger partial charge < -0.3 is 118 Å². The first kappa shape index (κ1) is 128. The number of aliphatic hydroxyl groups is 3. The summed E-state index contributed by atoms with van der Waals surface area (Å²) in [5, 5.41) is 50.2. The van der Waals surface area contributed by atoms with Crippen LogP contribution in [0.3, 0.4) is 0 Å². The van der Waals surface area contributed by atoms with Gasteiger partial charge in [0.1, 0.15) is 73.7 Å². The van der Waals surface area contributed by atoms with E-state index in [2.05, 4.69) is 40.4 Å². The van der Waals surface area contributed by atoms with Crippen molar-refractivity contribution in [2.45, 2.75) is 467 Å². The maximum Gasteiger partial charge on any atom is 0.366 e. The first-order valence-corrected chi connectivity index (χ1v) is 55.9. The fraction of sp³-hybridized carbons (Fsp3) is 0.707. The highest BCUT2D eigenvalue weighted by atomic mass is 16.8. The van der Waals surface area contributed by atoms with Crippen molar-refractivity contribution in [3.63, 3.8) is 0 Å². The van der Waals surface area contributed by atoms with E-state index in [1.54, 1.807) is 0 Å². The average Bonchev–Trinajstić information content (AvgIpc) is 0.750. The largest absolute Gasteiger partial charge is 0.465 e. The van der Waals surface area contributed by atoms with Gasteiger partial charge in [0, 0.05) is 73.9 Å². The number of esters is 5. The van der Waals surface area contributed by atoms with E-state index < -0.39 is 177 Å². The summed E-state index contributed by atoms with van der Waals surface area (Å²) in [6.07, 6.45) is 23.0. The quantitative estimate of drug-likeness (QED) is 0.0116. The molecule has 0 aromatic heterocycles. The Balaban J connectivity index is 0.998. The first-order chi connectivity index (χ1) is 72.7. The number of aliphatic hydroxyl groups excluding tert-OH is 3. The third-order valence-electron chi connectivity index (χ3n) is 27.4. The van der Waals surface area contributed by atoms with Crippen molar-refractivity contribution in [2.24, 2.45) is 0 Å². The number of unbranched alkanes of at least 4 members (excludes halogenated alkanes) is 34. The molecule has 0 radical (unpaired) electrons. The molecule has 4 aromatic carbocycles. The van der Waals surface area contributed by atoms with Crippen LogP contribution in [0.4, 0.5) is 0 Å². The highest BCUT2D eigenvalue weighted by Crippen LogP contribution is 2.40. The van der Waals surface area contributed by atoms with Crippen molar-refractivity contribution in [3.05, 3.63) is 144 Å². The van der Waals surface area contributed by atoms with Crippen LogP contribution < -0.4 is 26.6 Å². The molecule has 3 saturated heterocycles. The zero-order chi connectivity index (χ0) is 108. The van der Waals surface area contributed by atoms with E-state index in [1.807, 2.05) is 121 Å². The number of rotatable bonds is 82. The van der Waals surface area contributed by atoms with Crippen LogP contribution in [0.25, 0.3) is 0 Å². The summed E-state index contributed by atoms with van der Waals surface area (Å²) in [6.45, 7) is 9.13.